The SMILES string of the molecule is CC(C)[C@@H](COCc1ccccc1)N=Cc1ccccc1. The third-order valence-corrected chi connectivity index (χ3v) is 3.38. The molecule has 0 radical (unpaired) electrons. The Labute approximate surface area is 127 Å². The zero-order chi connectivity index (χ0) is 14.9. The van der Waals surface area contributed by atoms with Crippen molar-refractivity contribution in [3.8, 4) is 0 Å². The third-order valence-electron chi connectivity index (χ3n) is 3.38. The number of aliphatic imine (C=N–C) groups is 1. The van der Waals surface area contributed by atoms with Crippen LogP contribution >= 0.6 is 0 Å². The molecule has 21 heavy (non-hydrogen) atoms. The quantitative estimate of drug-likeness (QED) is 0.691. The van der Waals surface area contributed by atoms with Gasteiger partial charge in [-0.25, -0.2) is 0 Å². The smallest absolute Gasteiger partial charge is 0.0756 e. The van der Waals surface area contributed by atoms with E-state index in [-0.39, 0.29) is 6.04 Å². The molecule has 0 heterocycles. The second-order valence-corrected chi connectivity index (χ2v) is 5.50. The Bertz CT molecular complexity index is 534. The Hall–Kier alpha value is -1.93. The summed E-state index contributed by atoms with van der Waals surface area (Å²) in [6.45, 7) is 5.65. The molecule has 2 aromatic rings. The Morgan fingerprint density at radius 2 is 1.57 bits per heavy atom. The molecule has 0 saturated heterocycles. The van der Waals surface area contributed by atoms with Gasteiger partial charge in [-0.1, -0.05) is 74.5 Å². The molecular formula is C19H23NO. The number of hydrogen-bond acceptors (Lipinski definition) is 2. The van der Waals surface area contributed by atoms with Crippen molar-refractivity contribution in [2.75, 3.05) is 6.61 Å². The molecule has 2 rings (SSSR count). The van der Waals surface area contributed by atoms with E-state index in [9.17, 15) is 0 Å². The van der Waals surface area contributed by atoms with Gasteiger partial charge in [0.1, 0.15) is 0 Å². The van der Waals surface area contributed by atoms with E-state index >= 15 is 0 Å². The zero-order valence-corrected chi connectivity index (χ0v) is 12.8. The molecule has 0 aliphatic rings. The molecule has 0 amide bonds. The largest absolute Gasteiger partial charge is 0.375 e. The predicted molar refractivity (Wildman–Crippen MR) is 88.8 cm³/mol. The maximum atomic E-state index is 5.82. The van der Waals surface area contributed by atoms with Gasteiger partial charge in [-0.3, -0.25) is 4.99 Å². The second kappa shape index (κ2) is 8.38. The van der Waals surface area contributed by atoms with Crippen LogP contribution in [0.15, 0.2) is 65.7 Å². The zero-order valence-electron chi connectivity index (χ0n) is 12.8. The van der Waals surface area contributed by atoms with Crippen LogP contribution in [0.5, 0.6) is 0 Å². The van der Waals surface area contributed by atoms with E-state index in [0.29, 0.717) is 19.1 Å². The number of nitrogens with zero attached hydrogens (tertiary/aromatic N) is 1. The maximum absolute atomic E-state index is 5.82. The van der Waals surface area contributed by atoms with Gasteiger partial charge in [0.2, 0.25) is 0 Å². The van der Waals surface area contributed by atoms with Crippen LogP contribution in [0, 0.1) is 5.92 Å². The molecule has 0 spiro atoms. The molecule has 110 valence electrons. The summed E-state index contributed by atoms with van der Waals surface area (Å²) in [4.78, 5) is 4.67. The van der Waals surface area contributed by atoms with Crippen LogP contribution in [0.25, 0.3) is 0 Å². The topological polar surface area (TPSA) is 21.6 Å². The predicted octanol–water partition coefficient (Wildman–Crippen LogP) is 4.35. The Balaban J connectivity index is 1.86. The van der Waals surface area contributed by atoms with Gasteiger partial charge in [-0.15, -0.1) is 0 Å². The summed E-state index contributed by atoms with van der Waals surface area (Å²) < 4.78 is 5.82. The van der Waals surface area contributed by atoms with E-state index in [1.54, 1.807) is 0 Å². The van der Waals surface area contributed by atoms with Gasteiger partial charge in [0, 0.05) is 6.21 Å². The summed E-state index contributed by atoms with van der Waals surface area (Å²) in [5.41, 5.74) is 2.33. The van der Waals surface area contributed by atoms with Crippen molar-refractivity contribution in [2.45, 2.75) is 26.5 Å². The Morgan fingerprint density at radius 3 is 2.19 bits per heavy atom. The first-order chi connectivity index (χ1) is 10.3. The van der Waals surface area contributed by atoms with Crippen LogP contribution in [0.4, 0.5) is 0 Å². The minimum atomic E-state index is 0.189. The van der Waals surface area contributed by atoms with Crippen LogP contribution in [-0.2, 0) is 11.3 Å². The monoisotopic (exact) mass is 281 g/mol. The molecule has 0 unspecified atom stereocenters. The highest BCUT2D eigenvalue weighted by Crippen LogP contribution is 2.09. The number of ether oxygens (including phenoxy) is 1. The van der Waals surface area contributed by atoms with E-state index in [2.05, 4.69) is 43.1 Å². The van der Waals surface area contributed by atoms with Gasteiger partial charge in [-0.2, -0.15) is 0 Å². The van der Waals surface area contributed by atoms with E-state index in [4.69, 9.17) is 4.74 Å². The first kappa shape index (κ1) is 15.5. The van der Waals surface area contributed by atoms with Crippen LogP contribution in [-0.4, -0.2) is 18.9 Å². The molecule has 0 fully saturated rings. The average Bonchev–Trinajstić information content (AvgIpc) is 2.52. The summed E-state index contributed by atoms with van der Waals surface area (Å²) >= 11 is 0. The van der Waals surface area contributed by atoms with E-state index in [1.165, 1.54) is 5.56 Å². The average molecular weight is 281 g/mol. The summed E-state index contributed by atoms with van der Waals surface area (Å²) in [6.07, 6.45) is 1.94. The molecule has 2 heteroatoms. The van der Waals surface area contributed by atoms with Crippen molar-refractivity contribution < 1.29 is 4.74 Å². The molecule has 0 N–H and O–H groups in total. The van der Waals surface area contributed by atoms with Crippen molar-refractivity contribution in [3.05, 3.63) is 71.8 Å². The van der Waals surface area contributed by atoms with Gasteiger partial charge in [0.15, 0.2) is 0 Å². The first-order valence-electron chi connectivity index (χ1n) is 7.45. The van der Waals surface area contributed by atoms with Crippen LogP contribution in [0.1, 0.15) is 25.0 Å². The lowest BCUT2D eigenvalue weighted by Crippen LogP contribution is -2.20. The number of benzene rings is 2. The molecular weight excluding hydrogens is 258 g/mol. The van der Waals surface area contributed by atoms with Gasteiger partial charge in [0.25, 0.3) is 0 Å². The summed E-state index contributed by atoms with van der Waals surface area (Å²) in [7, 11) is 0. The third kappa shape index (κ3) is 5.52. The first-order valence-corrected chi connectivity index (χ1v) is 7.45. The molecule has 0 aliphatic heterocycles. The van der Waals surface area contributed by atoms with E-state index in [1.807, 2.05) is 42.6 Å². The van der Waals surface area contributed by atoms with E-state index in [0.717, 1.165) is 5.56 Å². The summed E-state index contributed by atoms with van der Waals surface area (Å²) in [6, 6.07) is 20.6. The lowest BCUT2D eigenvalue weighted by Gasteiger charge is -2.16. The highest BCUT2D eigenvalue weighted by Gasteiger charge is 2.11. The molecule has 0 bridgehead atoms. The maximum Gasteiger partial charge on any atom is 0.0756 e. The van der Waals surface area contributed by atoms with E-state index < -0.39 is 0 Å². The molecule has 0 saturated carbocycles. The lowest BCUT2D eigenvalue weighted by atomic mass is 10.1. The Kier molecular flexibility index (Phi) is 6.17. The normalized spacial score (nSPS) is 12.9. The molecule has 2 aromatic carbocycles. The van der Waals surface area contributed by atoms with Gasteiger partial charge in [-0.05, 0) is 17.0 Å². The number of hydrogen-bond donors (Lipinski definition) is 0. The van der Waals surface area contributed by atoms with Crippen molar-refractivity contribution in [1.82, 2.24) is 0 Å². The highest BCUT2D eigenvalue weighted by atomic mass is 16.5. The van der Waals surface area contributed by atoms with Crippen molar-refractivity contribution >= 4 is 6.21 Å². The second-order valence-electron chi connectivity index (χ2n) is 5.50. The molecule has 0 aliphatic carbocycles. The highest BCUT2D eigenvalue weighted by molar-refractivity contribution is 5.79. The molecule has 0 aromatic heterocycles. The minimum Gasteiger partial charge on any atom is -0.375 e. The fraction of sp³-hybridized carbons (Fsp3) is 0.316. The van der Waals surface area contributed by atoms with Gasteiger partial charge in [0.05, 0.1) is 19.3 Å². The minimum absolute atomic E-state index is 0.189. The van der Waals surface area contributed by atoms with Crippen molar-refractivity contribution in [3.63, 3.8) is 0 Å². The Morgan fingerprint density at radius 1 is 0.952 bits per heavy atom. The van der Waals surface area contributed by atoms with Gasteiger partial charge < -0.3 is 4.74 Å². The van der Waals surface area contributed by atoms with Crippen LogP contribution in [0.2, 0.25) is 0 Å². The number of rotatable bonds is 7. The van der Waals surface area contributed by atoms with Crippen LogP contribution < -0.4 is 0 Å². The molecule has 2 nitrogen and oxygen atoms in total. The van der Waals surface area contributed by atoms with Crippen LogP contribution in [0.3, 0.4) is 0 Å². The van der Waals surface area contributed by atoms with Crippen molar-refractivity contribution in [2.24, 2.45) is 10.9 Å². The fourth-order valence-electron chi connectivity index (χ4n) is 2.00. The van der Waals surface area contributed by atoms with Gasteiger partial charge >= 0.3 is 0 Å². The van der Waals surface area contributed by atoms with Crippen molar-refractivity contribution in [1.29, 1.82) is 0 Å². The molecule has 1 atom stereocenters. The lowest BCUT2D eigenvalue weighted by molar-refractivity contribution is 0.0981. The summed E-state index contributed by atoms with van der Waals surface area (Å²) in [5, 5.41) is 0. The summed E-state index contributed by atoms with van der Waals surface area (Å²) in [5.74, 6) is 0.459. The fourth-order valence-corrected chi connectivity index (χ4v) is 2.00. The standard InChI is InChI=1S/C19H23NO/c1-16(2)19(20-13-17-9-5-3-6-10-17)15-21-14-18-11-7-4-8-12-18/h3-13,16,19H,14-15H2,1-2H3/t19-/m1/s1.